The Bertz CT molecular complexity index is 520. The van der Waals surface area contributed by atoms with E-state index in [-0.39, 0.29) is 11.7 Å². The van der Waals surface area contributed by atoms with Gasteiger partial charge in [0, 0.05) is 23.7 Å². The van der Waals surface area contributed by atoms with Crippen LogP contribution in [0.5, 0.6) is 5.75 Å². The molecule has 0 aromatic heterocycles. The highest BCUT2D eigenvalue weighted by Crippen LogP contribution is 2.31. The molecule has 1 saturated carbocycles. The second-order valence-electron chi connectivity index (χ2n) is 6.33. The minimum Gasteiger partial charge on any atom is -0.508 e. The van der Waals surface area contributed by atoms with Gasteiger partial charge in [-0.3, -0.25) is 4.79 Å². The van der Waals surface area contributed by atoms with Crippen molar-refractivity contribution in [1.82, 2.24) is 10.2 Å². The summed E-state index contributed by atoms with van der Waals surface area (Å²) in [5, 5.41) is 13.2. The maximum Gasteiger partial charge on any atom is 0.254 e. The minimum atomic E-state index is 0.0874. The molecule has 0 unspecified atom stereocenters. The van der Waals surface area contributed by atoms with Crippen LogP contribution in [0.1, 0.15) is 41.6 Å². The fourth-order valence-electron chi connectivity index (χ4n) is 3.14. The number of hydrogen-bond acceptors (Lipinski definition) is 3. The number of phenolic OH excluding ortho intramolecular Hbond substituents is 1. The van der Waals surface area contributed by atoms with Crippen LogP contribution in [0, 0.1) is 12.8 Å². The van der Waals surface area contributed by atoms with Gasteiger partial charge in [0.1, 0.15) is 5.75 Å². The van der Waals surface area contributed by atoms with Crippen molar-refractivity contribution in [3.63, 3.8) is 0 Å². The van der Waals surface area contributed by atoms with Crippen molar-refractivity contribution in [1.29, 1.82) is 0 Å². The van der Waals surface area contributed by atoms with Gasteiger partial charge >= 0.3 is 0 Å². The standard InChI is InChI=1S/C17H24N2O2/c1-12-15(3-2-4-16(12)20)17(21)19(14-5-6-14)11-13-7-9-18-10-8-13/h2-4,13-14,18,20H,5-11H2,1H3. The van der Waals surface area contributed by atoms with E-state index in [0.29, 0.717) is 23.1 Å². The van der Waals surface area contributed by atoms with Gasteiger partial charge in [0.2, 0.25) is 0 Å². The van der Waals surface area contributed by atoms with Crippen LogP contribution in [0.2, 0.25) is 0 Å². The summed E-state index contributed by atoms with van der Waals surface area (Å²) in [6.45, 7) is 4.80. The maximum absolute atomic E-state index is 12.9. The quantitative estimate of drug-likeness (QED) is 0.894. The average Bonchev–Trinajstić information content (AvgIpc) is 3.33. The van der Waals surface area contributed by atoms with Gasteiger partial charge in [-0.25, -0.2) is 0 Å². The largest absolute Gasteiger partial charge is 0.508 e. The average molecular weight is 288 g/mol. The Balaban J connectivity index is 1.76. The lowest BCUT2D eigenvalue weighted by atomic mass is 9.96. The van der Waals surface area contributed by atoms with Gasteiger partial charge in [-0.1, -0.05) is 6.07 Å². The van der Waals surface area contributed by atoms with Gasteiger partial charge in [0.15, 0.2) is 0 Å². The Labute approximate surface area is 126 Å². The monoisotopic (exact) mass is 288 g/mol. The van der Waals surface area contributed by atoms with Crippen LogP contribution >= 0.6 is 0 Å². The van der Waals surface area contributed by atoms with Crippen molar-refractivity contribution >= 4 is 5.91 Å². The molecule has 2 fully saturated rings. The third kappa shape index (κ3) is 3.21. The van der Waals surface area contributed by atoms with Crippen molar-refractivity contribution in [2.75, 3.05) is 19.6 Å². The molecular weight excluding hydrogens is 264 g/mol. The summed E-state index contributed by atoms with van der Waals surface area (Å²) in [4.78, 5) is 14.9. The normalized spacial score (nSPS) is 19.5. The van der Waals surface area contributed by atoms with Crippen LogP contribution in [0.4, 0.5) is 0 Å². The van der Waals surface area contributed by atoms with E-state index < -0.39 is 0 Å². The summed E-state index contributed by atoms with van der Waals surface area (Å²) >= 11 is 0. The highest BCUT2D eigenvalue weighted by molar-refractivity contribution is 5.96. The maximum atomic E-state index is 12.9. The summed E-state index contributed by atoms with van der Waals surface area (Å²) in [5.41, 5.74) is 1.34. The number of amides is 1. The van der Waals surface area contributed by atoms with E-state index in [1.807, 2.05) is 13.0 Å². The Morgan fingerprint density at radius 3 is 2.67 bits per heavy atom. The Kier molecular flexibility index (Phi) is 4.15. The highest BCUT2D eigenvalue weighted by atomic mass is 16.3. The van der Waals surface area contributed by atoms with Crippen LogP contribution in [-0.4, -0.2) is 41.6 Å². The number of aromatic hydroxyl groups is 1. The lowest BCUT2D eigenvalue weighted by Gasteiger charge is -2.30. The van der Waals surface area contributed by atoms with Gasteiger partial charge in [0.25, 0.3) is 5.91 Å². The molecular formula is C17H24N2O2. The summed E-state index contributed by atoms with van der Waals surface area (Å²) in [6.07, 6.45) is 4.54. The van der Waals surface area contributed by atoms with E-state index in [0.717, 1.165) is 45.3 Å². The highest BCUT2D eigenvalue weighted by Gasteiger charge is 2.35. The second-order valence-corrected chi connectivity index (χ2v) is 6.33. The summed E-state index contributed by atoms with van der Waals surface area (Å²) in [6, 6.07) is 5.63. The first-order valence-electron chi connectivity index (χ1n) is 7.97. The van der Waals surface area contributed by atoms with Crippen LogP contribution in [0.15, 0.2) is 18.2 Å². The topological polar surface area (TPSA) is 52.6 Å². The first kappa shape index (κ1) is 14.4. The molecule has 1 aromatic rings. The van der Waals surface area contributed by atoms with Crippen LogP contribution < -0.4 is 5.32 Å². The molecule has 114 valence electrons. The summed E-state index contributed by atoms with van der Waals surface area (Å²) in [5.74, 6) is 0.899. The van der Waals surface area contributed by atoms with E-state index in [2.05, 4.69) is 10.2 Å². The fraction of sp³-hybridized carbons (Fsp3) is 0.588. The van der Waals surface area contributed by atoms with E-state index in [1.165, 1.54) is 0 Å². The number of nitrogens with zero attached hydrogens (tertiary/aromatic N) is 1. The van der Waals surface area contributed by atoms with E-state index in [1.54, 1.807) is 12.1 Å². The van der Waals surface area contributed by atoms with Gasteiger partial charge in [0.05, 0.1) is 0 Å². The molecule has 1 aromatic carbocycles. The van der Waals surface area contributed by atoms with Gasteiger partial charge < -0.3 is 15.3 Å². The molecule has 1 aliphatic heterocycles. The molecule has 1 heterocycles. The van der Waals surface area contributed by atoms with E-state index in [9.17, 15) is 9.90 Å². The van der Waals surface area contributed by atoms with Crippen molar-refractivity contribution < 1.29 is 9.90 Å². The molecule has 4 nitrogen and oxygen atoms in total. The van der Waals surface area contributed by atoms with Gasteiger partial charge in [-0.05, 0) is 63.7 Å². The number of phenols is 1. The molecule has 4 heteroatoms. The number of piperidine rings is 1. The molecule has 1 amide bonds. The van der Waals surface area contributed by atoms with E-state index >= 15 is 0 Å². The number of rotatable bonds is 4. The number of hydrogen-bond donors (Lipinski definition) is 2. The lowest BCUT2D eigenvalue weighted by molar-refractivity contribution is 0.0700. The zero-order valence-electron chi connectivity index (χ0n) is 12.6. The van der Waals surface area contributed by atoms with Crippen molar-refractivity contribution in [2.45, 2.75) is 38.6 Å². The second kappa shape index (κ2) is 6.06. The van der Waals surface area contributed by atoms with Crippen molar-refractivity contribution in [3.8, 4) is 5.75 Å². The third-order valence-corrected chi connectivity index (χ3v) is 4.70. The molecule has 0 radical (unpaired) electrons. The lowest BCUT2D eigenvalue weighted by Crippen LogP contribution is -2.40. The summed E-state index contributed by atoms with van der Waals surface area (Å²) in [7, 11) is 0. The van der Waals surface area contributed by atoms with Crippen molar-refractivity contribution in [3.05, 3.63) is 29.3 Å². The molecule has 2 N–H and O–H groups in total. The zero-order valence-corrected chi connectivity index (χ0v) is 12.6. The fourth-order valence-corrected chi connectivity index (χ4v) is 3.14. The first-order chi connectivity index (χ1) is 10.2. The number of carbonyl (C=O) groups is 1. The third-order valence-electron chi connectivity index (χ3n) is 4.70. The van der Waals surface area contributed by atoms with Crippen LogP contribution in [0.25, 0.3) is 0 Å². The van der Waals surface area contributed by atoms with Crippen molar-refractivity contribution in [2.24, 2.45) is 5.92 Å². The Hall–Kier alpha value is -1.55. The SMILES string of the molecule is Cc1c(O)cccc1C(=O)N(CC1CCNCC1)C1CC1. The Morgan fingerprint density at radius 1 is 1.29 bits per heavy atom. The summed E-state index contributed by atoms with van der Waals surface area (Å²) < 4.78 is 0. The van der Waals surface area contributed by atoms with Crippen LogP contribution in [-0.2, 0) is 0 Å². The van der Waals surface area contributed by atoms with Gasteiger partial charge in [-0.15, -0.1) is 0 Å². The first-order valence-corrected chi connectivity index (χ1v) is 7.97. The smallest absolute Gasteiger partial charge is 0.254 e. The van der Waals surface area contributed by atoms with E-state index in [4.69, 9.17) is 0 Å². The predicted molar refractivity (Wildman–Crippen MR) is 82.5 cm³/mol. The minimum absolute atomic E-state index is 0.0874. The number of carbonyl (C=O) groups excluding carboxylic acids is 1. The molecule has 0 bridgehead atoms. The molecule has 1 aliphatic carbocycles. The number of benzene rings is 1. The zero-order chi connectivity index (χ0) is 14.8. The molecule has 3 rings (SSSR count). The molecule has 21 heavy (non-hydrogen) atoms. The molecule has 0 spiro atoms. The predicted octanol–water partition coefficient (Wildman–Crippen LogP) is 2.30. The molecule has 2 aliphatic rings. The Morgan fingerprint density at radius 2 is 2.00 bits per heavy atom. The molecule has 1 saturated heterocycles. The molecule has 0 atom stereocenters. The van der Waals surface area contributed by atoms with Crippen LogP contribution in [0.3, 0.4) is 0 Å². The number of nitrogens with one attached hydrogen (secondary N) is 1. The van der Waals surface area contributed by atoms with Gasteiger partial charge in [-0.2, -0.15) is 0 Å².